The first-order valence-electron chi connectivity index (χ1n) is 6.70. The lowest BCUT2D eigenvalue weighted by atomic mass is 10.2. The smallest absolute Gasteiger partial charge is 0.0924 e. The van der Waals surface area contributed by atoms with Crippen LogP contribution in [0.25, 0.3) is 10.9 Å². The molecule has 0 saturated carbocycles. The van der Waals surface area contributed by atoms with Gasteiger partial charge >= 0.3 is 0 Å². The van der Waals surface area contributed by atoms with Crippen LogP contribution in [0, 0.1) is 0 Å². The van der Waals surface area contributed by atoms with Crippen molar-refractivity contribution in [3.63, 3.8) is 0 Å². The van der Waals surface area contributed by atoms with Gasteiger partial charge in [0.2, 0.25) is 0 Å². The number of fused-ring (bicyclic) bond motifs is 1. The summed E-state index contributed by atoms with van der Waals surface area (Å²) in [6.07, 6.45) is 0. The molecule has 1 aromatic carbocycles. The molecular formula is C14H22N4. The summed E-state index contributed by atoms with van der Waals surface area (Å²) in [4.78, 5) is 2.41. The zero-order valence-electron chi connectivity index (χ0n) is 11.2. The standard InChI is InChI=1S/C14H22N4/c1-3-18(4-2)10-9-15-11-14-12-7-5-6-8-13(12)16-17-14/h5-8,15H,3-4,9-11H2,1-2H3,(H,16,17). The molecule has 0 fully saturated rings. The molecular weight excluding hydrogens is 224 g/mol. The summed E-state index contributed by atoms with van der Waals surface area (Å²) in [6.45, 7) is 9.59. The van der Waals surface area contributed by atoms with Gasteiger partial charge in [0, 0.05) is 25.0 Å². The Morgan fingerprint density at radius 1 is 1.22 bits per heavy atom. The normalized spacial score (nSPS) is 11.5. The van der Waals surface area contributed by atoms with Crippen molar-refractivity contribution < 1.29 is 0 Å². The highest BCUT2D eigenvalue weighted by Gasteiger charge is 2.03. The summed E-state index contributed by atoms with van der Waals surface area (Å²) in [5, 5.41) is 12.1. The first-order chi connectivity index (χ1) is 8.85. The number of benzene rings is 1. The zero-order chi connectivity index (χ0) is 12.8. The second kappa shape index (κ2) is 6.52. The third kappa shape index (κ3) is 3.09. The molecule has 0 atom stereocenters. The summed E-state index contributed by atoms with van der Waals surface area (Å²) in [7, 11) is 0. The minimum Gasteiger partial charge on any atom is -0.310 e. The highest BCUT2D eigenvalue weighted by atomic mass is 15.1. The van der Waals surface area contributed by atoms with E-state index in [0.717, 1.165) is 38.2 Å². The van der Waals surface area contributed by atoms with E-state index in [1.165, 1.54) is 11.1 Å². The number of aromatic amines is 1. The van der Waals surface area contributed by atoms with Gasteiger partial charge in [-0.05, 0) is 19.2 Å². The van der Waals surface area contributed by atoms with Crippen molar-refractivity contribution in [3.8, 4) is 0 Å². The number of hydrogen-bond donors (Lipinski definition) is 2. The van der Waals surface area contributed by atoms with Crippen LogP contribution in [0.1, 0.15) is 19.5 Å². The fourth-order valence-corrected chi connectivity index (χ4v) is 2.14. The number of rotatable bonds is 7. The van der Waals surface area contributed by atoms with E-state index in [9.17, 15) is 0 Å². The van der Waals surface area contributed by atoms with E-state index < -0.39 is 0 Å². The van der Waals surface area contributed by atoms with Crippen molar-refractivity contribution in [1.29, 1.82) is 0 Å². The molecule has 1 heterocycles. The van der Waals surface area contributed by atoms with Gasteiger partial charge < -0.3 is 10.2 Å². The first kappa shape index (κ1) is 13.1. The van der Waals surface area contributed by atoms with Crippen molar-refractivity contribution in [2.24, 2.45) is 0 Å². The molecule has 0 radical (unpaired) electrons. The summed E-state index contributed by atoms with van der Waals surface area (Å²) < 4.78 is 0. The highest BCUT2D eigenvalue weighted by molar-refractivity contribution is 5.81. The number of nitrogens with one attached hydrogen (secondary N) is 2. The summed E-state index contributed by atoms with van der Waals surface area (Å²) in [5.74, 6) is 0. The molecule has 98 valence electrons. The Balaban J connectivity index is 1.83. The average Bonchev–Trinajstić information content (AvgIpc) is 2.82. The topological polar surface area (TPSA) is 44.0 Å². The molecule has 2 rings (SSSR count). The van der Waals surface area contributed by atoms with E-state index in [2.05, 4.69) is 46.4 Å². The van der Waals surface area contributed by atoms with Crippen LogP contribution in [0.5, 0.6) is 0 Å². The van der Waals surface area contributed by atoms with E-state index in [1.807, 2.05) is 12.1 Å². The molecule has 18 heavy (non-hydrogen) atoms. The van der Waals surface area contributed by atoms with Crippen LogP contribution in [0.4, 0.5) is 0 Å². The lowest BCUT2D eigenvalue weighted by Crippen LogP contribution is -2.31. The highest BCUT2D eigenvalue weighted by Crippen LogP contribution is 2.14. The molecule has 1 aromatic heterocycles. The van der Waals surface area contributed by atoms with Crippen LogP contribution in [0.3, 0.4) is 0 Å². The number of likely N-dealkylation sites (N-methyl/N-ethyl adjacent to an activating group) is 1. The van der Waals surface area contributed by atoms with Gasteiger partial charge in [0.15, 0.2) is 0 Å². The van der Waals surface area contributed by atoms with Gasteiger partial charge in [-0.2, -0.15) is 5.10 Å². The van der Waals surface area contributed by atoms with Crippen molar-refractivity contribution in [1.82, 2.24) is 20.4 Å². The van der Waals surface area contributed by atoms with Crippen molar-refractivity contribution in [3.05, 3.63) is 30.0 Å². The third-order valence-electron chi connectivity index (χ3n) is 3.34. The molecule has 0 aliphatic rings. The Morgan fingerprint density at radius 2 is 2.00 bits per heavy atom. The Morgan fingerprint density at radius 3 is 2.78 bits per heavy atom. The lowest BCUT2D eigenvalue weighted by molar-refractivity contribution is 0.302. The molecule has 0 aliphatic carbocycles. The van der Waals surface area contributed by atoms with Gasteiger partial charge in [-0.1, -0.05) is 32.0 Å². The minimum atomic E-state index is 0.849. The maximum absolute atomic E-state index is 4.29. The largest absolute Gasteiger partial charge is 0.310 e. The minimum absolute atomic E-state index is 0.849. The van der Waals surface area contributed by atoms with E-state index in [1.54, 1.807) is 0 Å². The van der Waals surface area contributed by atoms with Crippen LogP contribution in [-0.2, 0) is 6.54 Å². The van der Waals surface area contributed by atoms with Gasteiger partial charge in [0.1, 0.15) is 0 Å². The predicted octanol–water partition coefficient (Wildman–Crippen LogP) is 1.99. The van der Waals surface area contributed by atoms with Gasteiger partial charge in [-0.3, -0.25) is 5.10 Å². The number of H-pyrrole nitrogens is 1. The summed E-state index contributed by atoms with van der Waals surface area (Å²) >= 11 is 0. The van der Waals surface area contributed by atoms with E-state index in [0.29, 0.717) is 0 Å². The predicted molar refractivity (Wildman–Crippen MR) is 75.6 cm³/mol. The molecule has 2 aromatic rings. The SMILES string of the molecule is CCN(CC)CCNCc1[nH]nc2ccccc12. The van der Waals surface area contributed by atoms with Crippen molar-refractivity contribution >= 4 is 10.9 Å². The van der Waals surface area contributed by atoms with E-state index in [4.69, 9.17) is 0 Å². The zero-order valence-corrected chi connectivity index (χ0v) is 11.2. The van der Waals surface area contributed by atoms with Gasteiger partial charge in [-0.15, -0.1) is 0 Å². The average molecular weight is 246 g/mol. The third-order valence-corrected chi connectivity index (χ3v) is 3.34. The number of para-hydroxylation sites is 1. The molecule has 0 aliphatic heterocycles. The Hall–Kier alpha value is -1.39. The second-order valence-electron chi connectivity index (χ2n) is 4.42. The summed E-state index contributed by atoms with van der Waals surface area (Å²) in [5.41, 5.74) is 2.21. The van der Waals surface area contributed by atoms with E-state index in [-0.39, 0.29) is 0 Å². The molecule has 4 heteroatoms. The van der Waals surface area contributed by atoms with Gasteiger partial charge in [0.05, 0.1) is 11.2 Å². The van der Waals surface area contributed by atoms with Crippen molar-refractivity contribution in [2.75, 3.05) is 26.2 Å². The fraction of sp³-hybridized carbons (Fsp3) is 0.500. The Bertz CT molecular complexity index is 473. The van der Waals surface area contributed by atoms with Crippen LogP contribution >= 0.6 is 0 Å². The monoisotopic (exact) mass is 246 g/mol. The van der Waals surface area contributed by atoms with Crippen LogP contribution in [0.2, 0.25) is 0 Å². The quantitative estimate of drug-likeness (QED) is 0.734. The van der Waals surface area contributed by atoms with Crippen LogP contribution in [-0.4, -0.2) is 41.3 Å². The molecule has 0 unspecified atom stereocenters. The molecule has 0 spiro atoms. The van der Waals surface area contributed by atoms with Crippen LogP contribution in [0.15, 0.2) is 24.3 Å². The molecule has 0 amide bonds. The lowest BCUT2D eigenvalue weighted by Gasteiger charge is -2.17. The molecule has 0 bridgehead atoms. The van der Waals surface area contributed by atoms with E-state index >= 15 is 0 Å². The number of nitrogens with zero attached hydrogens (tertiary/aromatic N) is 2. The van der Waals surface area contributed by atoms with Gasteiger partial charge in [-0.25, -0.2) is 0 Å². The number of hydrogen-bond acceptors (Lipinski definition) is 3. The molecule has 4 nitrogen and oxygen atoms in total. The second-order valence-corrected chi connectivity index (χ2v) is 4.42. The number of aromatic nitrogens is 2. The summed E-state index contributed by atoms with van der Waals surface area (Å²) in [6, 6.07) is 8.21. The van der Waals surface area contributed by atoms with Crippen molar-refractivity contribution in [2.45, 2.75) is 20.4 Å². The fourth-order valence-electron chi connectivity index (χ4n) is 2.14. The van der Waals surface area contributed by atoms with Gasteiger partial charge in [0.25, 0.3) is 0 Å². The molecule has 2 N–H and O–H groups in total. The Kier molecular flexibility index (Phi) is 4.73. The molecule has 0 saturated heterocycles. The maximum Gasteiger partial charge on any atom is 0.0924 e. The first-order valence-corrected chi connectivity index (χ1v) is 6.70. The maximum atomic E-state index is 4.29. The Labute approximate surface area is 108 Å². The van der Waals surface area contributed by atoms with Crippen LogP contribution < -0.4 is 5.32 Å².